The van der Waals surface area contributed by atoms with Gasteiger partial charge in [-0.1, -0.05) is 13.8 Å². The van der Waals surface area contributed by atoms with Gasteiger partial charge in [-0.15, -0.1) is 0 Å². The van der Waals surface area contributed by atoms with E-state index in [-0.39, 0.29) is 11.3 Å². The van der Waals surface area contributed by atoms with Crippen LogP contribution >= 0.6 is 0 Å². The van der Waals surface area contributed by atoms with Crippen molar-refractivity contribution in [2.24, 2.45) is 0 Å². The van der Waals surface area contributed by atoms with E-state index in [1.807, 2.05) is 13.8 Å². The summed E-state index contributed by atoms with van der Waals surface area (Å²) in [6.45, 7) is 3.81. The van der Waals surface area contributed by atoms with Crippen LogP contribution in [0, 0.1) is 0 Å². The van der Waals surface area contributed by atoms with Crippen molar-refractivity contribution in [2.45, 2.75) is 25.9 Å². The number of nitrogen functional groups attached to an aromatic ring is 1. The second kappa shape index (κ2) is 9.76. The normalized spacial score (nSPS) is 14.8. The van der Waals surface area contributed by atoms with E-state index < -0.39 is 24.6 Å². The first-order valence-corrected chi connectivity index (χ1v) is 8.73. The maximum absolute atomic E-state index is 13.1. The van der Waals surface area contributed by atoms with Crippen LogP contribution in [0.5, 0.6) is 0 Å². The molecule has 0 aliphatic carbocycles. The number of rotatable bonds is 5. The van der Waals surface area contributed by atoms with E-state index in [9.17, 15) is 26.7 Å². The molecule has 0 saturated carbocycles. The molecule has 0 radical (unpaired) electrons. The van der Waals surface area contributed by atoms with E-state index in [2.05, 4.69) is 5.32 Å². The molecule has 1 aliphatic rings. The molecule has 1 aromatic carbocycles. The molecule has 28 heavy (non-hydrogen) atoms. The summed E-state index contributed by atoms with van der Waals surface area (Å²) in [7, 11) is 1.61. The quantitative estimate of drug-likeness (QED) is 0.512. The van der Waals surface area contributed by atoms with Gasteiger partial charge in [0.25, 0.3) is 5.91 Å². The number of hydrogen-bond donors (Lipinski definition) is 3. The zero-order valence-corrected chi connectivity index (χ0v) is 15.9. The Labute approximate surface area is 160 Å². The molecule has 1 aromatic rings. The predicted octanol–water partition coefficient (Wildman–Crippen LogP) is 3.10. The fraction of sp³-hybridized carbons (Fsp3) is 0.588. The number of hydrogen-bond acceptors (Lipinski definition) is 5. The Hall–Kier alpha value is -2.30. The Morgan fingerprint density at radius 2 is 1.75 bits per heavy atom. The molecule has 0 spiro atoms. The van der Waals surface area contributed by atoms with Crippen LogP contribution in [0.4, 0.5) is 39.0 Å². The van der Waals surface area contributed by atoms with Gasteiger partial charge in [-0.3, -0.25) is 4.79 Å². The lowest BCUT2D eigenvalue weighted by atomic mass is 10.1. The van der Waals surface area contributed by atoms with Crippen LogP contribution < -0.4 is 21.3 Å². The second-order valence-corrected chi connectivity index (χ2v) is 5.69. The van der Waals surface area contributed by atoms with Crippen molar-refractivity contribution in [1.29, 1.82) is 0 Å². The monoisotopic (exact) mass is 412 g/mol. The smallest absolute Gasteiger partial charge is 0.397 e. The third-order valence-corrected chi connectivity index (χ3v) is 3.92. The molecule has 0 aromatic heterocycles. The first-order valence-electron chi connectivity index (χ1n) is 8.73. The molecule has 1 fully saturated rings. The summed E-state index contributed by atoms with van der Waals surface area (Å²) in [6, 6.07) is 2.80. The highest BCUT2D eigenvalue weighted by molar-refractivity contribution is 6.02. The molecule has 4 N–H and O–H groups in total. The Morgan fingerprint density at radius 1 is 1.18 bits per heavy atom. The molecule has 1 heterocycles. The Kier molecular flexibility index (Phi) is 8.28. The number of halogens is 5. The van der Waals surface area contributed by atoms with Crippen molar-refractivity contribution in [2.75, 3.05) is 55.8 Å². The minimum atomic E-state index is -5.75. The minimum absolute atomic E-state index is 0.0821. The topological polar surface area (TPSA) is 79.6 Å². The van der Waals surface area contributed by atoms with E-state index in [4.69, 9.17) is 10.5 Å². The fourth-order valence-corrected chi connectivity index (χ4v) is 2.46. The number of carbonyl (C=O) groups excluding carboxylic acids is 1. The summed E-state index contributed by atoms with van der Waals surface area (Å²) in [4.78, 5) is 14.1. The number of nitrogens with two attached hydrogens (primary N) is 1. The summed E-state index contributed by atoms with van der Waals surface area (Å²) in [5.41, 5.74) is 6.77. The van der Waals surface area contributed by atoms with Crippen molar-refractivity contribution >= 4 is 23.0 Å². The number of benzene rings is 1. The highest BCUT2D eigenvalue weighted by Gasteiger charge is 2.57. The van der Waals surface area contributed by atoms with Crippen LogP contribution in [0.2, 0.25) is 0 Å². The molecular weight excluding hydrogens is 387 g/mol. The highest BCUT2D eigenvalue weighted by Crippen LogP contribution is 2.35. The van der Waals surface area contributed by atoms with Gasteiger partial charge in [0, 0.05) is 20.1 Å². The van der Waals surface area contributed by atoms with E-state index >= 15 is 0 Å². The number of ether oxygens (including phenoxy) is 1. The lowest BCUT2D eigenvalue weighted by molar-refractivity contribution is -0.278. The predicted molar refractivity (Wildman–Crippen MR) is 98.1 cm³/mol. The summed E-state index contributed by atoms with van der Waals surface area (Å²) in [5.74, 6) is -6.09. The third-order valence-electron chi connectivity index (χ3n) is 3.92. The van der Waals surface area contributed by atoms with Gasteiger partial charge >= 0.3 is 12.1 Å². The van der Waals surface area contributed by atoms with Gasteiger partial charge in [-0.2, -0.15) is 22.0 Å². The summed E-state index contributed by atoms with van der Waals surface area (Å²) in [6.07, 6.45) is -5.75. The summed E-state index contributed by atoms with van der Waals surface area (Å²) >= 11 is 0. The van der Waals surface area contributed by atoms with Crippen LogP contribution in [0.3, 0.4) is 0 Å². The SMILES string of the molecule is CC.CNc1cc(N2CCOCC2)c(C(=O)NCC(F)(F)C(F)(F)F)cc1N. The Morgan fingerprint density at radius 3 is 2.25 bits per heavy atom. The average Bonchev–Trinajstić information content (AvgIpc) is 2.67. The Bertz CT molecular complexity index is 662. The van der Waals surface area contributed by atoms with Gasteiger partial charge in [0.1, 0.15) is 0 Å². The molecule has 1 saturated heterocycles. The number of anilines is 3. The van der Waals surface area contributed by atoms with Gasteiger partial charge in [0.05, 0.1) is 42.4 Å². The standard InChI is InChI=1S/C15H19F5N4O2.C2H6/c1-22-11-7-12(24-2-4-26-5-3-24)9(6-10(11)21)13(25)23-8-14(16,17)15(18,19)20;1-2/h6-7,22H,2-5,8,21H2,1H3,(H,23,25);1-2H3. The maximum atomic E-state index is 13.1. The average molecular weight is 412 g/mol. The first-order chi connectivity index (χ1) is 13.1. The van der Waals surface area contributed by atoms with E-state index in [0.717, 1.165) is 0 Å². The lowest BCUT2D eigenvalue weighted by Gasteiger charge is -2.31. The number of nitrogens with zero attached hydrogens (tertiary/aromatic N) is 1. The number of nitrogens with one attached hydrogen (secondary N) is 2. The molecule has 0 unspecified atom stereocenters. The van der Waals surface area contributed by atoms with Crippen LogP contribution in [-0.4, -0.2) is 57.9 Å². The van der Waals surface area contributed by atoms with E-state index in [0.29, 0.717) is 37.7 Å². The minimum Gasteiger partial charge on any atom is -0.397 e. The van der Waals surface area contributed by atoms with Crippen molar-refractivity contribution < 1.29 is 31.5 Å². The molecule has 160 valence electrons. The fourth-order valence-electron chi connectivity index (χ4n) is 2.46. The van der Waals surface area contributed by atoms with Crippen LogP contribution in [-0.2, 0) is 4.74 Å². The molecule has 11 heteroatoms. The summed E-state index contributed by atoms with van der Waals surface area (Å²) in [5, 5.41) is 4.48. The molecule has 2 rings (SSSR count). The van der Waals surface area contributed by atoms with Gasteiger partial charge < -0.3 is 26.0 Å². The largest absolute Gasteiger partial charge is 0.455 e. The number of morpholine rings is 1. The van der Waals surface area contributed by atoms with Crippen molar-refractivity contribution in [3.05, 3.63) is 17.7 Å². The summed E-state index contributed by atoms with van der Waals surface area (Å²) < 4.78 is 68.1. The van der Waals surface area contributed by atoms with E-state index in [1.54, 1.807) is 23.3 Å². The second-order valence-electron chi connectivity index (χ2n) is 5.69. The number of alkyl halides is 5. The maximum Gasteiger partial charge on any atom is 0.455 e. The molecule has 0 bridgehead atoms. The van der Waals surface area contributed by atoms with Gasteiger partial charge in [0.2, 0.25) is 0 Å². The zero-order valence-electron chi connectivity index (χ0n) is 15.9. The number of carbonyl (C=O) groups is 1. The van der Waals surface area contributed by atoms with Crippen molar-refractivity contribution in [3.63, 3.8) is 0 Å². The van der Waals surface area contributed by atoms with Crippen molar-refractivity contribution in [1.82, 2.24) is 5.32 Å². The van der Waals surface area contributed by atoms with Gasteiger partial charge in [-0.25, -0.2) is 0 Å². The van der Waals surface area contributed by atoms with E-state index in [1.165, 1.54) is 6.07 Å². The molecule has 1 aliphatic heterocycles. The molecule has 1 amide bonds. The highest BCUT2D eigenvalue weighted by atomic mass is 19.4. The molecule has 0 atom stereocenters. The van der Waals surface area contributed by atoms with Gasteiger partial charge in [0.15, 0.2) is 0 Å². The third kappa shape index (κ3) is 5.60. The molecule has 6 nitrogen and oxygen atoms in total. The van der Waals surface area contributed by atoms with Crippen LogP contribution in [0.25, 0.3) is 0 Å². The lowest BCUT2D eigenvalue weighted by Crippen LogP contribution is -2.47. The number of amides is 1. The first kappa shape index (κ1) is 23.7. The Balaban J connectivity index is 0.00000190. The van der Waals surface area contributed by atoms with Gasteiger partial charge in [-0.05, 0) is 12.1 Å². The molecular formula is C17H25F5N4O2. The van der Waals surface area contributed by atoms with Crippen LogP contribution in [0.1, 0.15) is 24.2 Å². The van der Waals surface area contributed by atoms with Crippen LogP contribution in [0.15, 0.2) is 12.1 Å². The van der Waals surface area contributed by atoms with Crippen molar-refractivity contribution in [3.8, 4) is 0 Å². The zero-order chi connectivity index (χ0) is 21.5.